The summed E-state index contributed by atoms with van der Waals surface area (Å²) in [6.45, 7) is 8.71. The first-order chi connectivity index (χ1) is 9.26. The summed E-state index contributed by atoms with van der Waals surface area (Å²) in [6.07, 6.45) is 2.71. The van der Waals surface area contributed by atoms with Gasteiger partial charge in [-0.2, -0.15) is 0 Å². The number of hydrogen-bond acceptors (Lipinski definition) is 3. The van der Waals surface area contributed by atoms with Crippen molar-refractivity contribution in [3.63, 3.8) is 0 Å². The lowest BCUT2D eigenvalue weighted by Gasteiger charge is -2.45. The fraction of sp³-hybridized carbons (Fsp3) is 0.625. The maximum absolute atomic E-state index is 5.55. The van der Waals surface area contributed by atoms with E-state index in [0.717, 1.165) is 18.3 Å². The summed E-state index contributed by atoms with van der Waals surface area (Å²) in [4.78, 5) is 2.58. The molecular formula is C16H24N2O. The third-order valence-corrected chi connectivity index (χ3v) is 4.51. The molecule has 1 aromatic rings. The zero-order valence-corrected chi connectivity index (χ0v) is 12.0. The van der Waals surface area contributed by atoms with Gasteiger partial charge < -0.3 is 15.0 Å². The van der Waals surface area contributed by atoms with Crippen molar-refractivity contribution in [2.75, 3.05) is 31.6 Å². The molecule has 0 spiro atoms. The molecule has 0 amide bonds. The van der Waals surface area contributed by atoms with Crippen LogP contribution in [0.3, 0.4) is 0 Å². The van der Waals surface area contributed by atoms with Gasteiger partial charge in [0.25, 0.3) is 0 Å². The van der Waals surface area contributed by atoms with Crippen LogP contribution in [0.4, 0.5) is 5.69 Å². The van der Waals surface area contributed by atoms with Crippen LogP contribution in [0.25, 0.3) is 0 Å². The molecule has 0 radical (unpaired) electrons. The highest BCUT2D eigenvalue weighted by atomic mass is 16.5. The molecule has 4 rings (SSSR count). The smallest absolute Gasteiger partial charge is 0.119 e. The number of piperidine rings is 3. The molecular weight excluding hydrogens is 236 g/mol. The fourth-order valence-corrected chi connectivity index (χ4v) is 3.38. The Labute approximate surface area is 115 Å². The van der Waals surface area contributed by atoms with Gasteiger partial charge in [0.05, 0.1) is 6.61 Å². The molecule has 1 unspecified atom stereocenters. The van der Waals surface area contributed by atoms with E-state index in [4.69, 9.17) is 4.74 Å². The minimum absolute atomic E-state index is 0.624. The lowest BCUT2D eigenvalue weighted by atomic mass is 9.84. The summed E-state index contributed by atoms with van der Waals surface area (Å²) in [5.74, 6) is 1.83. The monoisotopic (exact) mass is 260 g/mol. The molecule has 3 aliphatic rings. The van der Waals surface area contributed by atoms with E-state index < -0.39 is 0 Å². The lowest BCUT2D eigenvalue weighted by Crippen LogP contribution is -2.53. The topological polar surface area (TPSA) is 24.5 Å². The average Bonchev–Trinajstić information content (AvgIpc) is 2.44. The van der Waals surface area contributed by atoms with Gasteiger partial charge in [-0.05, 0) is 69.5 Å². The summed E-state index contributed by atoms with van der Waals surface area (Å²) in [7, 11) is 0. The Hall–Kier alpha value is -1.22. The molecule has 3 saturated heterocycles. The Morgan fingerprint density at radius 2 is 2.11 bits per heavy atom. The second-order valence-electron chi connectivity index (χ2n) is 5.80. The van der Waals surface area contributed by atoms with Crippen molar-refractivity contribution >= 4 is 5.69 Å². The van der Waals surface area contributed by atoms with Gasteiger partial charge in [-0.25, -0.2) is 0 Å². The van der Waals surface area contributed by atoms with Gasteiger partial charge in [-0.1, -0.05) is 0 Å². The first-order valence-corrected chi connectivity index (χ1v) is 7.48. The zero-order valence-electron chi connectivity index (χ0n) is 12.0. The molecule has 1 N–H and O–H groups in total. The molecule has 0 aliphatic carbocycles. The third-order valence-electron chi connectivity index (χ3n) is 4.51. The number of hydrogen-bond donors (Lipinski definition) is 1. The molecule has 3 heterocycles. The van der Waals surface area contributed by atoms with Crippen molar-refractivity contribution in [1.29, 1.82) is 0 Å². The molecule has 1 atom stereocenters. The maximum atomic E-state index is 5.55. The SMILES string of the molecule is CCOc1ccc(NC2CN3CCC2CC3)c(C)c1. The minimum atomic E-state index is 0.624. The van der Waals surface area contributed by atoms with Crippen LogP contribution in [-0.2, 0) is 0 Å². The number of aryl methyl sites for hydroxylation is 1. The first-order valence-electron chi connectivity index (χ1n) is 7.48. The Bertz CT molecular complexity index is 438. The number of anilines is 1. The highest BCUT2D eigenvalue weighted by molar-refractivity contribution is 5.54. The molecule has 0 aromatic heterocycles. The van der Waals surface area contributed by atoms with Crippen LogP contribution in [0, 0.1) is 12.8 Å². The van der Waals surface area contributed by atoms with Gasteiger partial charge in [0.15, 0.2) is 0 Å². The largest absolute Gasteiger partial charge is 0.494 e. The van der Waals surface area contributed by atoms with Gasteiger partial charge in [0, 0.05) is 18.3 Å². The zero-order chi connectivity index (χ0) is 13.2. The molecule has 19 heavy (non-hydrogen) atoms. The average molecular weight is 260 g/mol. The third kappa shape index (κ3) is 2.71. The van der Waals surface area contributed by atoms with Crippen molar-refractivity contribution in [2.45, 2.75) is 32.7 Å². The number of rotatable bonds is 4. The van der Waals surface area contributed by atoms with E-state index in [1.54, 1.807) is 0 Å². The summed E-state index contributed by atoms with van der Waals surface area (Å²) >= 11 is 0. The molecule has 0 saturated carbocycles. The molecule has 3 nitrogen and oxygen atoms in total. The number of fused-ring (bicyclic) bond motifs is 3. The Morgan fingerprint density at radius 3 is 2.68 bits per heavy atom. The van der Waals surface area contributed by atoms with E-state index in [0.29, 0.717) is 6.04 Å². The molecule has 104 valence electrons. The normalized spacial score (nSPS) is 29.3. The van der Waals surface area contributed by atoms with Crippen molar-refractivity contribution < 1.29 is 4.74 Å². The fourth-order valence-electron chi connectivity index (χ4n) is 3.38. The Balaban J connectivity index is 1.69. The Kier molecular flexibility index (Phi) is 3.65. The van der Waals surface area contributed by atoms with Crippen LogP contribution < -0.4 is 10.1 Å². The second-order valence-corrected chi connectivity index (χ2v) is 5.80. The quantitative estimate of drug-likeness (QED) is 0.901. The van der Waals surface area contributed by atoms with Crippen molar-refractivity contribution in [1.82, 2.24) is 4.90 Å². The second kappa shape index (κ2) is 5.41. The molecule has 2 bridgehead atoms. The predicted octanol–water partition coefficient (Wildman–Crippen LogP) is 2.90. The molecule has 3 aliphatic heterocycles. The lowest BCUT2D eigenvalue weighted by molar-refractivity contribution is 0.0975. The molecule has 3 fully saturated rings. The van der Waals surface area contributed by atoms with Gasteiger partial charge in [0.1, 0.15) is 5.75 Å². The first kappa shape index (κ1) is 12.8. The van der Waals surface area contributed by atoms with Gasteiger partial charge >= 0.3 is 0 Å². The highest BCUT2D eigenvalue weighted by Crippen LogP contribution is 2.31. The van der Waals surface area contributed by atoms with Crippen LogP contribution >= 0.6 is 0 Å². The molecule has 3 heteroatoms. The van der Waals surface area contributed by atoms with Crippen LogP contribution in [-0.4, -0.2) is 37.2 Å². The van der Waals surface area contributed by atoms with Crippen molar-refractivity contribution in [3.8, 4) is 5.75 Å². The summed E-state index contributed by atoms with van der Waals surface area (Å²) < 4.78 is 5.55. The van der Waals surface area contributed by atoms with E-state index in [2.05, 4.69) is 35.3 Å². The van der Waals surface area contributed by atoms with Gasteiger partial charge in [-0.3, -0.25) is 0 Å². The van der Waals surface area contributed by atoms with E-state index in [1.807, 2.05) is 6.92 Å². The number of ether oxygens (including phenoxy) is 1. The van der Waals surface area contributed by atoms with E-state index in [9.17, 15) is 0 Å². The van der Waals surface area contributed by atoms with Crippen LogP contribution in [0.15, 0.2) is 18.2 Å². The predicted molar refractivity (Wildman–Crippen MR) is 78.9 cm³/mol. The van der Waals surface area contributed by atoms with Crippen LogP contribution in [0.5, 0.6) is 5.75 Å². The highest BCUT2D eigenvalue weighted by Gasteiger charge is 2.33. The van der Waals surface area contributed by atoms with E-state index in [1.165, 1.54) is 43.7 Å². The van der Waals surface area contributed by atoms with Crippen LogP contribution in [0.1, 0.15) is 25.3 Å². The van der Waals surface area contributed by atoms with E-state index >= 15 is 0 Å². The standard InChI is InChI=1S/C16H24N2O/c1-3-19-14-4-5-15(12(2)10-14)17-16-11-18-8-6-13(16)7-9-18/h4-5,10,13,16-17H,3,6-9,11H2,1-2H3. The number of nitrogens with zero attached hydrogens (tertiary/aromatic N) is 1. The minimum Gasteiger partial charge on any atom is -0.494 e. The van der Waals surface area contributed by atoms with Crippen molar-refractivity contribution in [3.05, 3.63) is 23.8 Å². The Morgan fingerprint density at radius 1 is 1.32 bits per heavy atom. The van der Waals surface area contributed by atoms with Gasteiger partial charge in [0.2, 0.25) is 0 Å². The maximum Gasteiger partial charge on any atom is 0.119 e. The van der Waals surface area contributed by atoms with Crippen LogP contribution in [0.2, 0.25) is 0 Å². The molecule has 1 aromatic carbocycles. The number of benzene rings is 1. The van der Waals surface area contributed by atoms with Crippen molar-refractivity contribution in [2.24, 2.45) is 5.92 Å². The summed E-state index contributed by atoms with van der Waals surface area (Å²) in [5.41, 5.74) is 2.55. The number of nitrogens with one attached hydrogen (secondary N) is 1. The summed E-state index contributed by atoms with van der Waals surface area (Å²) in [6, 6.07) is 6.99. The van der Waals surface area contributed by atoms with E-state index in [-0.39, 0.29) is 0 Å². The van der Waals surface area contributed by atoms with Gasteiger partial charge in [-0.15, -0.1) is 0 Å². The summed E-state index contributed by atoms with van der Waals surface area (Å²) in [5, 5.41) is 3.75.